The molecule has 1 amide bonds. The van der Waals surface area contributed by atoms with E-state index in [0.29, 0.717) is 75.4 Å². The van der Waals surface area contributed by atoms with Gasteiger partial charge in [-0.05, 0) is 81.7 Å². The molecule has 3 atom stereocenters. The molecule has 1 saturated carbocycles. The Bertz CT molecular complexity index is 1260. The molecule has 3 heterocycles. The lowest BCUT2D eigenvalue weighted by atomic mass is 9.88. The predicted octanol–water partition coefficient (Wildman–Crippen LogP) is 4.28. The van der Waals surface area contributed by atoms with Gasteiger partial charge >= 0.3 is 5.69 Å². The molecule has 0 bridgehead atoms. The number of fused-ring (bicyclic) bond motifs is 1. The van der Waals surface area contributed by atoms with Gasteiger partial charge in [-0.2, -0.15) is 0 Å². The van der Waals surface area contributed by atoms with E-state index in [2.05, 4.69) is 28.4 Å². The summed E-state index contributed by atoms with van der Waals surface area (Å²) in [6.45, 7) is 8.04. The van der Waals surface area contributed by atoms with E-state index in [0.717, 1.165) is 18.4 Å². The Kier molecular flexibility index (Phi) is 9.85. The highest BCUT2D eigenvalue weighted by Crippen LogP contribution is 2.37. The van der Waals surface area contributed by atoms with Crippen molar-refractivity contribution in [3.8, 4) is 0 Å². The van der Waals surface area contributed by atoms with Crippen LogP contribution >= 0.6 is 0 Å². The fourth-order valence-electron chi connectivity index (χ4n) is 5.78. The average Bonchev–Trinajstić information content (AvgIpc) is 3.72. The van der Waals surface area contributed by atoms with Crippen LogP contribution in [0.15, 0.2) is 59.6 Å². The van der Waals surface area contributed by atoms with Crippen LogP contribution in [0, 0.1) is 11.8 Å². The fourth-order valence-corrected chi connectivity index (χ4v) is 5.78. The molecule has 3 unspecified atom stereocenters. The lowest BCUT2D eigenvalue weighted by Gasteiger charge is -2.28. The van der Waals surface area contributed by atoms with Gasteiger partial charge in [-0.1, -0.05) is 6.08 Å². The van der Waals surface area contributed by atoms with Crippen molar-refractivity contribution in [2.45, 2.75) is 63.5 Å². The van der Waals surface area contributed by atoms with Gasteiger partial charge in [0.05, 0.1) is 11.6 Å². The van der Waals surface area contributed by atoms with Crippen molar-refractivity contribution in [2.24, 2.45) is 17.6 Å². The number of pyridine rings is 1. The molecule has 2 aromatic heterocycles. The number of nitrogens with one attached hydrogen (secondary N) is 2. The highest BCUT2D eigenvalue weighted by atomic mass is 19.2. The molecule has 212 valence electrons. The van der Waals surface area contributed by atoms with E-state index in [1.54, 1.807) is 16.8 Å². The third-order valence-electron chi connectivity index (χ3n) is 7.91. The SMILES string of the molecule is C=C.NCCC(CCNC1CCC(C2=CCCC(F)=C2F)CN(CC2CC2)C1=O)n1c(=O)[nH]c2ncccc21. The highest BCUT2D eigenvalue weighted by molar-refractivity contribution is 5.82. The summed E-state index contributed by atoms with van der Waals surface area (Å²) in [5, 5.41) is 3.42. The minimum atomic E-state index is -0.732. The predicted molar refractivity (Wildman–Crippen MR) is 149 cm³/mol. The lowest BCUT2D eigenvalue weighted by Crippen LogP contribution is -2.47. The summed E-state index contributed by atoms with van der Waals surface area (Å²) in [4.78, 5) is 35.1. The number of aromatic amines is 1. The zero-order valence-electron chi connectivity index (χ0n) is 22.5. The second-order valence-corrected chi connectivity index (χ2v) is 10.6. The number of amides is 1. The second-order valence-electron chi connectivity index (χ2n) is 10.6. The molecule has 2 aliphatic carbocycles. The molecular formula is C29H40F2N6O2. The highest BCUT2D eigenvalue weighted by Gasteiger charge is 2.37. The smallest absolute Gasteiger partial charge is 0.327 e. The summed E-state index contributed by atoms with van der Waals surface area (Å²) in [7, 11) is 0. The Morgan fingerprint density at radius 3 is 2.72 bits per heavy atom. The first-order chi connectivity index (χ1) is 19.0. The largest absolute Gasteiger partial charge is 0.340 e. The number of hydrogen-bond acceptors (Lipinski definition) is 5. The van der Waals surface area contributed by atoms with Crippen molar-refractivity contribution in [3.63, 3.8) is 0 Å². The first kappa shape index (κ1) is 28.9. The molecular weight excluding hydrogens is 502 g/mol. The van der Waals surface area contributed by atoms with Gasteiger partial charge in [-0.3, -0.25) is 14.3 Å². The first-order valence-corrected chi connectivity index (χ1v) is 14.0. The normalized spacial score (nSPS) is 22.8. The van der Waals surface area contributed by atoms with Crippen LogP contribution < -0.4 is 16.7 Å². The number of halogens is 2. The van der Waals surface area contributed by atoms with E-state index in [1.165, 1.54) is 0 Å². The summed E-state index contributed by atoms with van der Waals surface area (Å²) < 4.78 is 30.4. The molecule has 0 radical (unpaired) electrons. The number of allylic oxidation sites excluding steroid dienone is 3. The van der Waals surface area contributed by atoms with Crippen molar-refractivity contribution in [3.05, 3.63) is 65.3 Å². The van der Waals surface area contributed by atoms with E-state index >= 15 is 0 Å². The zero-order valence-corrected chi connectivity index (χ0v) is 22.5. The minimum Gasteiger partial charge on any atom is -0.340 e. The molecule has 1 aliphatic heterocycles. The van der Waals surface area contributed by atoms with Gasteiger partial charge in [0.1, 0.15) is 5.83 Å². The maximum atomic E-state index is 14.7. The number of imidazole rings is 1. The van der Waals surface area contributed by atoms with Crippen molar-refractivity contribution in [2.75, 3.05) is 26.2 Å². The Morgan fingerprint density at radius 2 is 1.97 bits per heavy atom. The van der Waals surface area contributed by atoms with Gasteiger partial charge in [-0.15, -0.1) is 13.2 Å². The maximum Gasteiger partial charge on any atom is 0.327 e. The first-order valence-electron chi connectivity index (χ1n) is 14.0. The number of carbonyl (C=O) groups is 1. The van der Waals surface area contributed by atoms with Crippen LogP contribution in [0.5, 0.6) is 0 Å². The molecule has 4 N–H and O–H groups in total. The molecule has 8 nitrogen and oxygen atoms in total. The lowest BCUT2D eigenvalue weighted by molar-refractivity contribution is -0.133. The Balaban J connectivity index is 0.00000172. The van der Waals surface area contributed by atoms with Gasteiger partial charge in [0.25, 0.3) is 0 Å². The minimum absolute atomic E-state index is 0.0273. The molecule has 10 heteroatoms. The number of nitrogens with zero attached hydrogens (tertiary/aromatic N) is 3. The molecule has 5 rings (SSSR count). The third kappa shape index (κ3) is 6.73. The molecule has 0 aromatic carbocycles. The van der Waals surface area contributed by atoms with Crippen LogP contribution in [-0.2, 0) is 4.79 Å². The Hall–Kier alpha value is -3.11. The molecule has 3 aliphatic rings. The molecule has 39 heavy (non-hydrogen) atoms. The molecule has 0 spiro atoms. The average molecular weight is 543 g/mol. The van der Waals surface area contributed by atoms with E-state index < -0.39 is 17.7 Å². The molecule has 1 saturated heterocycles. The summed E-state index contributed by atoms with van der Waals surface area (Å²) in [6, 6.07) is 3.11. The maximum absolute atomic E-state index is 14.7. The number of carbonyl (C=O) groups excluding carboxylic acids is 1. The van der Waals surface area contributed by atoms with Gasteiger partial charge < -0.3 is 16.0 Å². The molecule has 2 fully saturated rings. The van der Waals surface area contributed by atoms with E-state index in [4.69, 9.17) is 5.73 Å². The van der Waals surface area contributed by atoms with Crippen molar-refractivity contribution >= 4 is 17.1 Å². The van der Waals surface area contributed by atoms with Gasteiger partial charge in [-0.25, -0.2) is 18.6 Å². The van der Waals surface area contributed by atoms with Crippen molar-refractivity contribution in [1.29, 1.82) is 0 Å². The second kappa shape index (κ2) is 13.3. The third-order valence-corrected chi connectivity index (χ3v) is 7.91. The fraction of sp³-hybridized carbons (Fsp3) is 0.552. The quantitative estimate of drug-likeness (QED) is 0.388. The number of nitrogens with two attached hydrogens (primary N) is 1. The number of aromatic nitrogens is 3. The monoisotopic (exact) mass is 542 g/mol. The van der Waals surface area contributed by atoms with E-state index in [9.17, 15) is 18.4 Å². The summed E-state index contributed by atoms with van der Waals surface area (Å²) in [6.07, 6.45) is 8.64. The van der Waals surface area contributed by atoms with Crippen LogP contribution in [0.25, 0.3) is 11.2 Å². The van der Waals surface area contributed by atoms with E-state index in [1.807, 2.05) is 17.0 Å². The number of rotatable bonds is 10. The molecule has 2 aromatic rings. The van der Waals surface area contributed by atoms with E-state index in [-0.39, 0.29) is 30.0 Å². The number of likely N-dealkylation sites (tertiary alicyclic amines) is 1. The Morgan fingerprint density at radius 1 is 1.18 bits per heavy atom. The zero-order chi connectivity index (χ0) is 27.9. The van der Waals surface area contributed by atoms with Crippen molar-refractivity contribution < 1.29 is 13.6 Å². The van der Waals surface area contributed by atoms with Gasteiger partial charge in [0, 0.05) is 37.7 Å². The summed E-state index contributed by atoms with van der Waals surface area (Å²) in [5.74, 6) is -1.09. The topological polar surface area (TPSA) is 109 Å². The van der Waals surface area contributed by atoms with Gasteiger partial charge in [0.2, 0.25) is 5.91 Å². The van der Waals surface area contributed by atoms with Crippen LogP contribution in [0.2, 0.25) is 0 Å². The van der Waals surface area contributed by atoms with Crippen LogP contribution in [0.1, 0.15) is 57.4 Å². The summed E-state index contributed by atoms with van der Waals surface area (Å²) >= 11 is 0. The van der Waals surface area contributed by atoms with Crippen LogP contribution in [0.4, 0.5) is 8.78 Å². The standard InChI is InChI=1S/C27H36F2N6O2.C2H4/c28-21-4-1-3-20(24(21)29)18-8-9-22(26(36)34(16-18)15-17-6-7-17)31-14-11-19(10-12-30)35-23-5-2-13-32-25(23)33-27(35)37;1-2/h2-3,5,13,17-19,22,31H,1,4,6-12,14-16,30H2,(H,32,33,37);1-2H2. The van der Waals surface area contributed by atoms with Crippen LogP contribution in [-0.4, -0.2) is 57.6 Å². The number of H-pyrrole nitrogens is 1. The van der Waals surface area contributed by atoms with Gasteiger partial charge in [0.15, 0.2) is 11.5 Å². The Labute approximate surface area is 228 Å². The number of hydrogen-bond donors (Lipinski definition) is 3. The van der Waals surface area contributed by atoms with Crippen molar-refractivity contribution in [1.82, 2.24) is 24.8 Å². The summed E-state index contributed by atoms with van der Waals surface area (Å²) in [5.41, 5.74) is 7.35. The van der Waals surface area contributed by atoms with Crippen LogP contribution in [0.3, 0.4) is 0 Å².